The first kappa shape index (κ1) is 20.9. The zero-order valence-electron chi connectivity index (χ0n) is 15.0. The lowest BCUT2D eigenvalue weighted by molar-refractivity contribution is 0.307. The van der Waals surface area contributed by atoms with Gasteiger partial charge in [0, 0.05) is 0 Å². The van der Waals surface area contributed by atoms with E-state index in [9.17, 15) is 0 Å². The molecule has 0 heterocycles. The van der Waals surface area contributed by atoms with Crippen LogP contribution in [-0.2, 0) is 0 Å². The molecule has 6 nitrogen and oxygen atoms in total. The molecule has 0 aromatic rings. The van der Waals surface area contributed by atoms with Crippen LogP contribution in [-0.4, -0.2) is 46.0 Å². The SMILES string of the molecule is CCC(=NO)C(C)(C)NCCCCNC(C)(C)C(CC)=NO. The summed E-state index contributed by atoms with van der Waals surface area (Å²) in [6, 6.07) is 0. The first-order valence-electron chi connectivity index (χ1n) is 8.18. The predicted molar refractivity (Wildman–Crippen MR) is 92.4 cm³/mol. The Bertz CT molecular complexity index is 340. The minimum absolute atomic E-state index is 0.283. The minimum atomic E-state index is -0.283. The number of hydrogen-bond acceptors (Lipinski definition) is 6. The van der Waals surface area contributed by atoms with Crippen molar-refractivity contribution >= 4 is 11.4 Å². The van der Waals surface area contributed by atoms with Crippen molar-refractivity contribution in [1.82, 2.24) is 10.6 Å². The molecule has 0 bridgehead atoms. The molecule has 0 radical (unpaired) electrons. The van der Waals surface area contributed by atoms with Gasteiger partial charge in [-0.25, -0.2) is 0 Å². The molecule has 0 aliphatic rings. The van der Waals surface area contributed by atoms with Crippen LogP contribution < -0.4 is 10.6 Å². The fourth-order valence-corrected chi connectivity index (χ4v) is 2.53. The molecule has 0 aromatic carbocycles. The Morgan fingerprint density at radius 1 is 0.773 bits per heavy atom. The summed E-state index contributed by atoms with van der Waals surface area (Å²) in [5.74, 6) is 0. The monoisotopic (exact) mass is 314 g/mol. The maximum Gasteiger partial charge on any atom is 0.0762 e. The fourth-order valence-electron chi connectivity index (χ4n) is 2.53. The number of nitrogens with one attached hydrogen (secondary N) is 2. The second-order valence-corrected chi connectivity index (χ2v) is 6.61. The molecule has 130 valence electrons. The van der Waals surface area contributed by atoms with Gasteiger partial charge in [-0.3, -0.25) is 0 Å². The summed E-state index contributed by atoms with van der Waals surface area (Å²) in [6.45, 7) is 13.8. The summed E-state index contributed by atoms with van der Waals surface area (Å²) in [5.41, 5.74) is 0.960. The second-order valence-electron chi connectivity index (χ2n) is 6.61. The van der Waals surface area contributed by atoms with Gasteiger partial charge in [0.1, 0.15) is 0 Å². The maximum atomic E-state index is 9.00. The quantitative estimate of drug-likeness (QED) is 0.204. The first-order chi connectivity index (χ1) is 10.2. The normalized spacial score (nSPS) is 14.5. The number of unbranched alkanes of at least 4 members (excludes halogenated alkanes) is 1. The van der Waals surface area contributed by atoms with Gasteiger partial charge in [-0.1, -0.05) is 24.2 Å². The van der Waals surface area contributed by atoms with Crippen molar-refractivity contribution in [3.8, 4) is 0 Å². The van der Waals surface area contributed by atoms with E-state index in [0.29, 0.717) is 0 Å². The van der Waals surface area contributed by atoms with Gasteiger partial charge in [-0.2, -0.15) is 0 Å². The molecule has 0 aromatic heterocycles. The lowest BCUT2D eigenvalue weighted by Crippen LogP contribution is -2.48. The summed E-state index contributed by atoms with van der Waals surface area (Å²) in [5, 5.41) is 31.6. The lowest BCUT2D eigenvalue weighted by atomic mass is 9.95. The molecule has 22 heavy (non-hydrogen) atoms. The number of oxime groups is 2. The van der Waals surface area contributed by atoms with Crippen LogP contribution in [0, 0.1) is 0 Å². The average molecular weight is 314 g/mol. The molecule has 0 atom stereocenters. The van der Waals surface area contributed by atoms with Crippen LogP contribution in [0.3, 0.4) is 0 Å². The van der Waals surface area contributed by atoms with Crippen LogP contribution in [0.2, 0.25) is 0 Å². The lowest BCUT2D eigenvalue weighted by Gasteiger charge is -2.28. The Hall–Kier alpha value is -1.14. The van der Waals surface area contributed by atoms with Crippen molar-refractivity contribution < 1.29 is 10.4 Å². The topological polar surface area (TPSA) is 89.2 Å². The molecular weight excluding hydrogens is 280 g/mol. The van der Waals surface area contributed by atoms with E-state index in [1.165, 1.54) is 0 Å². The molecule has 4 N–H and O–H groups in total. The number of nitrogens with zero attached hydrogens (tertiary/aromatic N) is 2. The van der Waals surface area contributed by atoms with Gasteiger partial charge in [-0.15, -0.1) is 0 Å². The largest absolute Gasteiger partial charge is 0.411 e. The standard InChI is InChI=1S/C16H34N4O2/c1-7-13(19-21)15(3,4)17-11-9-10-12-18-16(5,6)14(8-2)20-22/h17-18,21-22H,7-12H2,1-6H3. The molecule has 0 aliphatic carbocycles. The molecule has 0 aliphatic heterocycles. The van der Waals surface area contributed by atoms with E-state index in [-0.39, 0.29) is 11.1 Å². The summed E-state index contributed by atoms with van der Waals surface area (Å²) >= 11 is 0. The highest BCUT2D eigenvalue weighted by molar-refractivity contribution is 5.92. The summed E-state index contributed by atoms with van der Waals surface area (Å²) in [4.78, 5) is 0. The zero-order chi connectivity index (χ0) is 17.2. The van der Waals surface area contributed by atoms with Crippen LogP contribution in [0.25, 0.3) is 0 Å². The van der Waals surface area contributed by atoms with Crippen molar-refractivity contribution in [2.24, 2.45) is 10.3 Å². The molecule has 0 spiro atoms. The Balaban J connectivity index is 4.06. The molecule has 0 saturated carbocycles. The summed E-state index contributed by atoms with van der Waals surface area (Å²) in [7, 11) is 0. The second kappa shape index (κ2) is 9.79. The molecule has 0 amide bonds. The molecule has 0 rings (SSSR count). The van der Waals surface area contributed by atoms with Gasteiger partial charge in [0.2, 0.25) is 0 Å². The Labute approximate surface area is 135 Å². The van der Waals surface area contributed by atoms with Gasteiger partial charge in [0.25, 0.3) is 0 Å². The van der Waals surface area contributed by atoms with E-state index in [1.54, 1.807) is 0 Å². The fraction of sp³-hybridized carbons (Fsp3) is 0.875. The van der Waals surface area contributed by atoms with Crippen LogP contribution in [0.5, 0.6) is 0 Å². The van der Waals surface area contributed by atoms with Crippen molar-refractivity contribution in [3.05, 3.63) is 0 Å². The highest BCUT2D eigenvalue weighted by atomic mass is 16.4. The van der Waals surface area contributed by atoms with Crippen molar-refractivity contribution in [3.63, 3.8) is 0 Å². The van der Waals surface area contributed by atoms with E-state index in [1.807, 2.05) is 41.5 Å². The molecule has 0 unspecified atom stereocenters. The van der Waals surface area contributed by atoms with Gasteiger partial charge in [0.15, 0.2) is 0 Å². The zero-order valence-corrected chi connectivity index (χ0v) is 15.0. The van der Waals surface area contributed by atoms with E-state index in [4.69, 9.17) is 10.4 Å². The minimum Gasteiger partial charge on any atom is -0.411 e. The van der Waals surface area contributed by atoms with Crippen LogP contribution >= 0.6 is 0 Å². The van der Waals surface area contributed by atoms with E-state index < -0.39 is 0 Å². The molecule has 6 heteroatoms. The van der Waals surface area contributed by atoms with Crippen molar-refractivity contribution in [2.75, 3.05) is 13.1 Å². The average Bonchev–Trinajstić information content (AvgIpc) is 2.44. The van der Waals surface area contributed by atoms with E-state index in [2.05, 4.69) is 20.9 Å². The summed E-state index contributed by atoms with van der Waals surface area (Å²) in [6.07, 6.45) is 3.50. The van der Waals surface area contributed by atoms with Gasteiger partial charge in [-0.05, 0) is 66.5 Å². The summed E-state index contributed by atoms with van der Waals surface area (Å²) < 4.78 is 0. The number of hydrogen-bond donors (Lipinski definition) is 4. The van der Waals surface area contributed by atoms with Gasteiger partial charge < -0.3 is 21.0 Å². The van der Waals surface area contributed by atoms with Crippen LogP contribution in [0.4, 0.5) is 0 Å². The molecule has 0 saturated heterocycles. The Morgan fingerprint density at radius 2 is 1.09 bits per heavy atom. The van der Waals surface area contributed by atoms with Crippen LogP contribution in [0.1, 0.15) is 67.2 Å². The maximum absolute atomic E-state index is 9.00. The predicted octanol–water partition coefficient (Wildman–Crippen LogP) is 2.98. The third-order valence-corrected chi connectivity index (χ3v) is 4.09. The van der Waals surface area contributed by atoms with Crippen LogP contribution in [0.15, 0.2) is 10.3 Å². The van der Waals surface area contributed by atoms with E-state index >= 15 is 0 Å². The van der Waals surface area contributed by atoms with Gasteiger partial charge in [0.05, 0.1) is 22.5 Å². The van der Waals surface area contributed by atoms with E-state index in [0.717, 1.165) is 50.2 Å². The molecular formula is C16H34N4O2. The third-order valence-electron chi connectivity index (χ3n) is 4.09. The highest BCUT2D eigenvalue weighted by Gasteiger charge is 2.24. The number of rotatable bonds is 11. The third kappa shape index (κ3) is 6.75. The van der Waals surface area contributed by atoms with Gasteiger partial charge >= 0.3 is 0 Å². The smallest absolute Gasteiger partial charge is 0.0762 e. The highest BCUT2D eigenvalue weighted by Crippen LogP contribution is 2.10. The van der Waals surface area contributed by atoms with Crippen molar-refractivity contribution in [2.45, 2.75) is 78.3 Å². The molecule has 0 fully saturated rings. The Kier molecular flexibility index (Phi) is 9.28. The first-order valence-corrected chi connectivity index (χ1v) is 8.18. The van der Waals surface area contributed by atoms with Crippen molar-refractivity contribution in [1.29, 1.82) is 0 Å². The Morgan fingerprint density at radius 3 is 1.32 bits per heavy atom.